The van der Waals surface area contributed by atoms with Crippen molar-refractivity contribution in [3.63, 3.8) is 0 Å². The van der Waals surface area contributed by atoms with Crippen molar-refractivity contribution in [3.8, 4) is 5.75 Å². The smallest absolute Gasteiger partial charge is 0.254 e. The van der Waals surface area contributed by atoms with Gasteiger partial charge >= 0.3 is 0 Å². The summed E-state index contributed by atoms with van der Waals surface area (Å²) in [7, 11) is 0. The SMILES string of the molecule is CCC1CCC(C)N1C(=O)c1ccc(N)c(O)c1. The van der Waals surface area contributed by atoms with Gasteiger partial charge < -0.3 is 15.7 Å². The highest BCUT2D eigenvalue weighted by atomic mass is 16.3. The number of benzene rings is 1. The molecule has 1 saturated heterocycles. The van der Waals surface area contributed by atoms with Gasteiger partial charge in [-0.3, -0.25) is 4.79 Å². The largest absolute Gasteiger partial charge is 0.506 e. The topological polar surface area (TPSA) is 66.6 Å². The zero-order chi connectivity index (χ0) is 13.3. The van der Waals surface area contributed by atoms with Crippen molar-refractivity contribution in [2.75, 3.05) is 5.73 Å². The van der Waals surface area contributed by atoms with E-state index in [-0.39, 0.29) is 17.7 Å². The number of phenolic OH excluding ortho intramolecular Hbond substituents is 1. The summed E-state index contributed by atoms with van der Waals surface area (Å²) in [6, 6.07) is 5.28. The lowest BCUT2D eigenvalue weighted by Crippen LogP contribution is -2.39. The Balaban J connectivity index is 2.27. The minimum Gasteiger partial charge on any atom is -0.506 e. The lowest BCUT2D eigenvalue weighted by atomic mass is 10.1. The Morgan fingerprint density at radius 3 is 2.83 bits per heavy atom. The molecule has 0 radical (unpaired) electrons. The fraction of sp³-hybridized carbons (Fsp3) is 0.500. The number of hydrogen-bond donors (Lipinski definition) is 2. The Labute approximate surface area is 107 Å². The Hall–Kier alpha value is -1.71. The summed E-state index contributed by atoms with van der Waals surface area (Å²) in [5, 5.41) is 9.59. The molecule has 0 bridgehead atoms. The van der Waals surface area contributed by atoms with Gasteiger partial charge in [-0.25, -0.2) is 0 Å². The molecule has 0 aromatic heterocycles. The van der Waals surface area contributed by atoms with Gasteiger partial charge in [0.05, 0.1) is 5.69 Å². The molecule has 1 aliphatic rings. The van der Waals surface area contributed by atoms with Crippen molar-refractivity contribution in [1.82, 2.24) is 4.90 Å². The van der Waals surface area contributed by atoms with Crippen LogP contribution in [-0.2, 0) is 0 Å². The van der Waals surface area contributed by atoms with E-state index in [4.69, 9.17) is 5.73 Å². The van der Waals surface area contributed by atoms with Crippen molar-refractivity contribution >= 4 is 11.6 Å². The maximum Gasteiger partial charge on any atom is 0.254 e. The average molecular weight is 248 g/mol. The molecule has 4 heteroatoms. The highest BCUT2D eigenvalue weighted by Crippen LogP contribution is 2.29. The first-order valence-electron chi connectivity index (χ1n) is 6.45. The summed E-state index contributed by atoms with van der Waals surface area (Å²) in [4.78, 5) is 14.4. The molecule has 1 fully saturated rings. The lowest BCUT2D eigenvalue weighted by Gasteiger charge is -2.28. The zero-order valence-corrected chi connectivity index (χ0v) is 10.9. The van der Waals surface area contributed by atoms with Crippen molar-refractivity contribution < 1.29 is 9.90 Å². The Kier molecular flexibility index (Phi) is 3.45. The summed E-state index contributed by atoms with van der Waals surface area (Å²) in [6.07, 6.45) is 3.08. The number of nitrogens with zero attached hydrogens (tertiary/aromatic N) is 1. The summed E-state index contributed by atoms with van der Waals surface area (Å²) in [6.45, 7) is 4.17. The van der Waals surface area contributed by atoms with E-state index in [2.05, 4.69) is 13.8 Å². The first-order chi connectivity index (χ1) is 8.54. The van der Waals surface area contributed by atoms with Gasteiger partial charge in [0.2, 0.25) is 0 Å². The second-order valence-corrected chi connectivity index (χ2v) is 4.97. The van der Waals surface area contributed by atoms with Crippen LogP contribution < -0.4 is 5.73 Å². The van der Waals surface area contributed by atoms with Gasteiger partial charge in [-0.1, -0.05) is 6.92 Å². The highest BCUT2D eigenvalue weighted by molar-refractivity contribution is 5.95. The monoisotopic (exact) mass is 248 g/mol. The van der Waals surface area contributed by atoms with Crippen LogP contribution in [0.25, 0.3) is 0 Å². The molecule has 18 heavy (non-hydrogen) atoms. The molecule has 4 nitrogen and oxygen atoms in total. The first-order valence-corrected chi connectivity index (χ1v) is 6.45. The number of likely N-dealkylation sites (tertiary alicyclic amines) is 1. The number of nitrogen functional groups attached to an aromatic ring is 1. The summed E-state index contributed by atoms with van der Waals surface area (Å²) in [5.74, 6) is -0.0390. The molecular formula is C14H20N2O2. The van der Waals surface area contributed by atoms with Crippen LogP contribution in [0, 0.1) is 0 Å². The molecule has 0 spiro atoms. The first kappa shape index (κ1) is 12.7. The summed E-state index contributed by atoms with van der Waals surface area (Å²) < 4.78 is 0. The van der Waals surface area contributed by atoms with Crippen LogP contribution >= 0.6 is 0 Å². The average Bonchev–Trinajstić information content (AvgIpc) is 2.73. The Morgan fingerprint density at radius 2 is 2.22 bits per heavy atom. The van der Waals surface area contributed by atoms with Crippen molar-refractivity contribution in [2.45, 2.75) is 45.2 Å². The number of amides is 1. The van der Waals surface area contributed by atoms with E-state index in [0.717, 1.165) is 19.3 Å². The van der Waals surface area contributed by atoms with E-state index >= 15 is 0 Å². The van der Waals surface area contributed by atoms with Gasteiger partial charge in [-0.05, 0) is 44.4 Å². The zero-order valence-electron chi connectivity index (χ0n) is 10.9. The van der Waals surface area contributed by atoms with Crippen LogP contribution in [0.3, 0.4) is 0 Å². The van der Waals surface area contributed by atoms with Gasteiger partial charge in [0.15, 0.2) is 0 Å². The van der Waals surface area contributed by atoms with Gasteiger partial charge in [0, 0.05) is 17.6 Å². The normalized spacial score (nSPS) is 23.3. The molecule has 2 atom stereocenters. The number of hydrogen-bond acceptors (Lipinski definition) is 3. The highest BCUT2D eigenvalue weighted by Gasteiger charge is 2.33. The molecular weight excluding hydrogens is 228 g/mol. The second-order valence-electron chi connectivity index (χ2n) is 4.97. The van der Waals surface area contributed by atoms with Gasteiger partial charge in [0.1, 0.15) is 5.75 Å². The Bertz CT molecular complexity index is 459. The van der Waals surface area contributed by atoms with E-state index in [0.29, 0.717) is 17.3 Å². The molecule has 1 heterocycles. The van der Waals surface area contributed by atoms with Crippen LogP contribution in [0.2, 0.25) is 0 Å². The quantitative estimate of drug-likeness (QED) is 0.623. The molecule has 2 unspecified atom stereocenters. The number of anilines is 1. The minimum atomic E-state index is -0.0271. The van der Waals surface area contributed by atoms with Gasteiger partial charge in [-0.15, -0.1) is 0 Å². The third-order valence-electron chi connectivity index (χ3n) is 3.77. The van der Waals surface area contributed by atoms with Crippen molar-refractivity contribution in [3.05, 3.63) is 23.8 Å². The predicted octanol–water partition coefficient (Wildman–Crippen LogP) is 2.38. The number of carbonyl (C=O) groups is 1. The van der Waals surface area contributed by atoms with Gasteiger partial charge in [0.25, 0.3) is 5.91 Å². The van der Waals surface area contributed by atoms with E-state index in [1.54, 1.807) is 12.1 Å². The van der Waals surface area contributed by atoms with Crippen LogP contribution in [0.5, 0.6) is 5.75 Å². The molecule has 1 aromatic carbocycles. The van der Waals surface area contributed by atoms with E-state index in [1.807, 2.05) is 4.90 Å². The predicted molar refractivity (Wildman–Crippen MR) is 71.5 cm³/mol. The van der Waals surface area contributed by atoms with Crippen molar-refractivity contribution in [1.29, 1.82) is 0 Å². The van der Waals surface area contributed by atoms with Crippen molar-refractivity contribution in [2.24, 2.45) is 0 Å². The molecule has 2 rings (SSSR count). The third-order valence-corrected chi connectivity index (χ3v) is 3.77. The molecule has 1 aromatic rings. The second kappa shape index (κ2) is 4.88. The molecule has 98 valence electrons. The number of carbonyl (C=O) groups excluding carboxylic acids is 1. The van der Waals surface area contributed by atoms with Gasteiger partial charge in [-0.2, -0.15) is 0 Å². The number of aromatic hydroxyl groups is 1. The maximum atomic E-state index is 12.5. The van der Waals surface area contributed by atoms with E-state index in [9.17, 15) is 9.90 Å². The maximum absolute atomic E-state index is 12.5. The van der Waals surface area contributed by atoms with Crippen LogP contribution in [-0.4, -0.2) is 28.0 Å². The molecule has 1 amide bonds. The number of phenols is 1. The van der Waals surface area contributed by atoms with E-state index < -0.39 is 0 Å². The fourth-order valence-corrected chi connectivity index (χ4v) is 2.66. The summed E-state index contributed by atoms with van der Waals surface area (Å²) in [5.41, 5.74) is 6.36. The fourth-order valence-electron chi connectivity index (χ4n) is 2.66. The van der Waals surface area contributed by atoms with Crippen LogP contribution in [0.4, 0.5) is 5.69 Å². The van der Waals surface area contributed by atoms with Crippen LogP contribution in [0.15, 0.2) is 18.2 Å². The number of nitrogens with two attached hydrogens (primary N) is 1. The standard InChI is InChI=1S/C14H20N2O2/c1-3-11-6-4-9(2)16(11)14(18)10-5-7-12(15)13(17)8-10/h5,7-9,11,17H,3-4,6,15H2,1-2H3. The molecule has 1 aliphatic heterocycles. The molecule has 3 N–H and O–H groups in total. The minimum absolute atomic E-state index is 0.0119. The Morgan fingerprint density at radius 1 is 1.50 bits per heavy atom. The van der Waals surface area contributed by atoms with Crippen LogP contribution in [0.1, 0.15) is 43.5 Å². The molecule has 0 aliphatic carbocycles. The third kappa shape index (κ3) is 2.15. The van der Waals surface area contributed by atoms with E-state index in [1.165, 1.54) is 6.07 Å². The molecule has 0 saturated carbocycles. The lowest BCUT2D eigenvalue weighted by molar-refractivity contribution is 0.0676. The number of rotatable bonds is 2. The summed E-state index contributed by atoms with van der Waals surface area (Å²) >= 11 is 0.